The number of nitrogens with one attached hydrogen (secondary N) is 1. The van der Waals surface area contributed by atoms with Crippen LogP contribution in [0.2, 0.25) is 10.0 Å². The Morgan fingerprint density at radius 2 is 2.26 bits per heavy atom. The minimum atomic E-state index is -0.496. The molecule has 0 radical (unpaired) electrons. The van der Waals surface area contributed by atoms with Crippen LogP contribution in [0.3, 0.4) is 0 Å². The standard InChI is InChI=1S/C14H18Cl2FNO/c1-2-3-13(9-4-5-18-8-9)19-14-11(16)6-10(15)7-12(14)17/h6-7,9,13,18H,2-5,8H2,1H3/t9-,13-/m0/s1. The van der Waals surface area contributed by atoms with Crippen molar-refractivity contribution >= 4 is 23.2 Å². The molecule has 0 unspecified atom stereocenters. The molecule has 1 aliphatic rings. The Labute approximate surface area is 123 Å². The molecule has 1 heterocycles. The molecule has 2 rings (SSSR count). The number of ether oxygens (including phenoxy) is 1. The highest BCUT2D eigenvalue weighted by atomic mass is 35.5. The van der Waals surface area contributed by atoms with Gasteiger partial charge in [0, 0.05) is 17.5 Å². The predicted octanol–water partition coefficient (Wildman–Crippen LogP) is 4.29. The second kappa shape index (κ2) is 6.78. The third-order valence-corrected chi connectivity index (χ3v) is 3.93. The summed E-state index contributed by atoms with van der Waals surface area (Å²) in [6.07, 6.45) is 2.93. The zero-order valence-electron chi connectivity index (χ0n) is 10.9. The van der Waals surface area contributed by atoms with Crippen LogP contribution in [0.5, 0.6) is 5.75 Å². The van der Waals surface area contributed by atoms with E-state index in [2.05, 4.69) is 12.2 Å². The minimum absolute atomic E-state index is 0.00632. The minimum Gasteiger partial charge on any atom is -0.485 e. The molecule has 5 heteroatoms. The molecule has 1 fully saturated rings. The van der Waals surface area contributed by atoms with Gasteiger partial charge < -0.3 is 10.1 Å². The fourth-order valence-corrected chi connectivity index (χ4v) is 2.98. The van der Waals surface area contributed by atoms with Gasteiger partial charge in [-0.25, -0.2) is 4.39 Å². The van der Waals surface area contributed by atoms with Gasteiger partial charge in [-0.1, -0.05) is 36.5 Å². The van der Waals surface area contributed by atoms with E-state index in [1.807, 2.05) is 0 Å². The maximum absolute atomic E-state index is 13.9. The summed E-state index contributed by atoms with van der Waals surface area (Å²) in [5, 5.41) is 3.82. The van der Waals surface area contributed by atoms with E-state index < -0.39 is 5.82 Å². The van der Waals surface area contributed by atoms with Crippen molar-refractivity contribution in [1.82, 2.24) is 5.32 Å². The number of hydrogen-bond acceptors (Lipinski definition) is 2. The van der Waals surface area contributed by atoms with Crippen LogP contribution < -0.4 is 10.1 Å². The highest BCUT2D eigenvalue weighted by molar-refractivity contribution is 6.35. The maximum atomic E-state index is 13.9. The van der Waals surface area contributed by atoms with E-state index in [1.54, 1.807) is 0 Å². The van der Waals surface area contributed by atoms with Crippen molar-refractivity contribution in [2.75, 3.05) is 13.1 Å². The summed E-state index contributed by atoms with van der Waals surface area (Å²) in [5.74, 6) is 0.0343. The molecule has 0 bridgehead atoms. The molecule has 19 heavy (non-hydrogen) atoms. The van der Waals surface area contributed by atoms with Gasteiger partial charge in [0.25, 0.3) is 0 Å². The fourth-order valence-electron chi connectivity index (χ4n) is 2.46. The average Bonchev–Trinajstić information content (AvgIpc) is 2.85. The second-order valence-electron chi connectivity index (χ2n) is 4.90. The van der Waals surface area contributed by atoms with Gasteiger partial charge in [-0.05, 0) is 31.5 Å². The quantitative estimate of drug-likeness (QED) is 0.876. The normalized spacial score (nSPS) is 20.5. The Morgan fingerprint density at radius 1 is 1.47 bits per heavy atom. The molecule has 0 amide bonds. The van der Waals surface area contributed by atoms with Crippen LogP contribution in [-0.2, 0) is 0 Å². The highest BCUT2D eigenvalue weighted by Crippen LogP contribution is 2.34. The van der Waals surface area contributed by atoms with E-state index in [-0.39, 0.29) is 21.9 Å². The van der Waals surface area contributed by atoms with Crippen LogP contribution in [-0.4, -0.2) is 19.2 Å². The van der Waals surface area contributed by atoms with Crippen LogP contribution >= 0.6 is 23.2 Å². The lowest BCUT2D eigenvalue weighted by Gasteiger charge is -2.24. The molecular formula is C14H18Cl2FNO. The summed E-state index contributed by atoms with van der Waals surface area (Å²) in [4.78, 5) is 0. The third kappa shape index (κ3) is 3.74. The van der Waals surface area contributed by atoms with Crippen molar-refractivity contribution in [1.29, 1.82) is 0 Å². The topological polar surface area (TPSA) is 21.3 Å². The van der Waals surface area contributed by atoms with Gasteiger partial charge >= 0.3 is 0 Å². The summed E-state index contributed by atoms with van der Waals surface area (Å²) in [6.45, 7) is 4.00. The number of benzene rings is 1. The van der Waals surface area contributed by atoms with Crippen molar-refractivity contribution in [2.24, 2.45) is 5.92 Å². The van der Waals surface area contributed by atoms with Crippen LogP contribution in [0.4, 0.5) is 4.39 Å². The van der Waals surface area contributed by atoms with Gasteiger partial charge in [-0.15, -0.1) is 0 Å². The van der Waals surface area contributed by atoms with E-state index in [0.29, 0.717) is 5.92 Å². The smallest absolute Gasteiger partial charge is 0.174 e. The van der Waals surface area contributed by atoms with Crippen molar-refractivity contribution in [2.45, 2.75) is 32.3 Å². The lowest BCUT2D eigenvalue weighted by molar-refractivity contribution is 0.127. The Balaban J connectivity index is 2.16. The van der Waals surface area contributed by atoms with E-state index in [9.17, 15) is 4.39 Å². The summed E-state index contributed by atoms with van der Waals surface area (Å²) >= 11 is 11.8. The molecule has 0 aromatic heterocycles. The lowest BCUT2D eigenvalue weighted by Crippen LogP contribution is -2.29. The molecule has 1 aliphatic heterocycles. The summed E-state index contributed by atoms with van der Waals surface area (Å²) in [6, 6.07) is 2.75. The number of halogens is 3. The van der Waals surface area contributed by atoms with Crippen molar-refractivity contribution in [3.8, 4) is 5.75 Å². The summed E-state index contributed by atoms with van der Waals surface area (Å²) in [7, 11) is 0. The molecule has 0 aliphatic carbocycles. The molecule has 1 N–H and O–H groups in total. The lowest BCUT2D eigenvalue weighted by atomic mass is 9.97. The molecule has 1 aromatic rings. The van der Waals surface area contributed by atoms with Gasteiger partial charge in [0.05, 0.1) is 5.02 Å². The Kier molecular flexibility index (Phi) is 5.31. The fraction of sp³-hybridized carbons (Fsp3) is 0.571. The molecule has 106 valence electrons. The molecule has 2 atom stereocenters. The Bertz CT molecular complexity index is 412. The predicted molar refractivity (Wildman–Crippen MR) is 76.7 cm³/mol. The van der Waals surface area contributed by atoms with E-state index >= 15 is 0 Å². The first-order valence-corrected chi connectivity index (χ1v) is 7.39. The number of hydrogen-bond donors (Lipinski definition) is 1. The molecule has 1 aromatic carbocycles. The first-order valence-electron chi connectivity index (χ1n) is 6.63. The molecule has 1 saturated heterocycles. The summed E-state index contributed by atoms with van der Waals surface area (Å²) < 4.78 is 19.7. The third-order valence-electron chi connectivity index (χ3n) is 3.43. The largest absolute Gasteiger partial charge is 0.485 e. The van der Waals surface area contributed by atoms with E-state index in [4.69, 9.17) is 27.9 Å². The Morgan fingerprint density at radius 3 is 2.84 bits per heavy atom. The molecular weight excluding hydrogens is 288 g/mol. The van der Waals surface area contributed by atoms with Crippen molar-refractivity contribution < 1.29 is 9.13 Å². The monoisotopic (exact) mass is 305 g/mol. The molecule has 0 spiro atoms. The van der Waals surface area contributed by atoms with Crippen LogP contribution in [0.25, 0.3) is 0 Å². The zero-order chi connectivity index (χ0) is 13.8. The molecule has 2 nitrogen and oxygen atoms in total. The average molecular weight is 306 g/mol. The van der Waals surface area contributed by atoms with Gasteiger partial charge in [-0.2, -0.15) is 0 Å². The van der Waals surface area contributed by atoms with Gasteiger partial charge in [0.15, 0.2) is 11.6 Å². The van der Waals surface area contributed by atoms with Crippen LogP contribution in [0.1, 0.15) is 26.2 Å². The SMILES string of the molecule is CCC[C@H](Oc1c(F)cc(Cl)cc1Cl)[C@H]1CCNC1. The van der Waals surface area contributed by atoms with Crippen molar-refractivity contribution in [3.05, 3.63) is 28.0 Å². The first kappa shape index (κ1) is 14.9. The van der Waals surface area contributed by atoms with E-state index in [1.165, 1.54) is 12.1 Å². The summed E-state index contributed by atoms with van der Waals surface area (Å²) in [5.41, 5.74) is 0. The highest BCUT2D eigenvalue weighted by Gasteiger charge is 2.27. The zero-order valence-corrected chi connectivity index (χ0v) is 12.4. The van der Waals surface area contributed by atoms with Crippen LogP contribution in [0, 0.1) is 11.7 Å². The van der Waals surface area contributed by atoms with Gasteiger partial charge in [-0.3, -0.25) is 0 Å². The van der Waals surface area contributed by atoms with Crippen molar-refractivity contribution in [3.63, 3.8) is 0 Å². The van der Waals surface area contributed by atoms with E-state index in [0.717, 1.165) is 32.4 Å². The molecule has 0 saturated carbocycles. The first-order chi connectivity index (χ1) is 9.11. The maximum Gasteiger partial charge on any atom is 0.174 e. The van der Waals surface area contributed by atoms with Gasteiger partial charge in [0.2, 0.25) is 0 Å². The van der Waals surface area contributed by atoms with Crippen LogP contribution in [0.15, 0.2) is 12.1 Å². The number of rotatable bonds is 5. The Hall–Kier alpha value is -0.510. The second-order valence-corrected chi connectivity index (χ2v) is 5.74. The van der Waals surface area contributed by atoms with Gasteiger partial charge in [0.1, 0.15) is 6.10 Å².